The second-order valence-electron chi connectivity index (χ2n) is 5.41. The van der Waals surface area contributed by atoms with Gasteiger partial charge in [0.2, 0.25) is 0 Å². The van der Waals surface area contributed by atoms with Crippen molar-refractivity contribution in [2.45, 2.75) is 19.3 Å². The lowest BCUT2D eigenvalue weighted by Gasteiger charge is -2.15. The van der Waals surface area contributed by atoms with Gasteiger partial charge in [-0.1, -0.05) is 17.7 Å². The summed E-state index contributed by atoms with van der Waals surface area (Å²) in [5.41, 5.74) is 0.511. The first-order valence-corrected chi connectivity index (χ1v) is 7.68. The summed E-state index contributed by atoms with van der Waals surface area (Å²) in [4.78, 5) is 39.1. The molecule has 2 N–H and O–H groups in total. The highest BCUT2D eigenvalue weighted by Gasteiger charge is 2.22. The number of aryl methyl sites for hydroxylation is 1. The maximum atomic E-state index is 12.4. The quantitative estimate of drug-likeness (QED) is 0.876. The monoisotopic (exact) mass is 341 g/mol. The molecule has 0 radical (unpaired) electrons. The number of nitrogens with zero attached hydrogens (tertiary/aromatic N) is 1. The number of carbonyl (C=O) groups excluding carboxylic acids is 2. The number of aromatic nitrogens is 1. The topological polar surface area (TPSA) is 103 Å². The Morgan fingerprint density at radius 1 is 1.29 bits per heavy atom. The number of ketones is 1. The third kappa shape index (κ3) is 2.82. The molecule has 120 valence electrons. The van der Waals surface area contributed by atoms with Gasteiger partial charge in [-0.15, -0.1) is 0 Å². The molecule has 0 unspecified atom stereocenters. The lowest BCUT2D eigenvalue weighted by atomic mass is 9.93. The second-order valence-corrected chi connectivity index (χ2v) is 5.82. The highest BCUT2D eigenvalue weighted by molar-refractivity contribution is 6.32. The average Bonchev–Trinajstić information content (AvgIpc) is 2.54. The summed E-state index contributed by atoms with van der Waals surface area (Å²) in [6.07, 6.45) is 1.68. The maximum Gasteiger partial charge on any atom is 0.261 e. The second kappa shape index (κ2) is 6.30. The summed E-state index contributed by atoms with van der Waals surface area (Å²) in [6.45, 7) is 0. The van der Waals surface area contributed by atoms with E-state index in [1.165, 1.54) is 18.2 Å². The van der Waals surface area contributed by atoms with Gasteiger partial charge in [0.15, 0.2) is 5.78 Å². The zero-order valence-corrected chi connectivity index (χ0v) is 13.2. The molecule has 0 atom stereocenters. The van der Waals surface area contributed by atoms with E-state index >= 15 is 0 Å². The Kier molecular flexibility index (Phi) is 4.19. The zero-order valence-electron chi connectivity index (χ0n) is 12.5. The van der Waals surface area contributed by atoms with Crippen LogP contribution in [0, 0.1) is 11.3 Å². The first-order chi connectivity index (χ1) is 11.5. The van der Waals surface area contributed by atoms with Crippen LogP contribution in [0.3, 0.4) is 0 Å². The molecule has 1 aliphatic rings. The summed E-state index contributed by atoms with van der Waals surface area (Å²) < 4.78 is 0. The number of Topliss-reactive ketones (excluding diaryl/α,β-unsaturated/α-hetero) is 1. The van der Waals surface area contributed by atoms with Gasteiger partial charge in [-0.25, -0.2) is 0 Å². The van der Waals surface area contributed by atoms with Crippen LogP contribution in [0.2, 0.25) is 5.02 Å². The minimum Gasteiger partial charge on any atom is -0.325 e. The van der Waals surface area contributed by atoms with Gasteiger partial charge >= 0.3 is 0 Å². The number of hydrogen-bond donors (Lipinski definition) is 2. The van der Waals surface area contributed by atoms with Crippen molar-refractivity contribution in [1.82, 2.24) is 4.98 Å². The molecule has 0 saturated heterocycles. The van der Waals surface area contributed by atoms with E-state index in [4.69, 9.17) is 16.9 Å². The van der Waals surface area contributed by atoms with E-state index in [2.05, 4.69) is 10.3 Å². The molecule has 0 fully saturated rings. The first kappa shape index (κ1) is 16.0. The third-order valence-corrected chi connectivity index (χ3v) is 4.19. The number of pyridine rings is 1. The minimum atomic E-state index is -0.698. The van der Waals surface area contributed by atoms with Crippen molar-refractivity contribution in [1.29, 1.82) is 5.26 Å². The van der Waals surface area contributed by atoms with Crippen LogP contribution in [0.1, 0.15) is 44.8 Å². The molecule has 2 aromatic rings. The Morgan fingerprint density at radius 2 is 2.08 bits per heavy atom. The maximum absolute atomic E-state index is 12.4. The summed E-state index contributed by atoms with van der Waals surface area (Å²) >= 11 is 5.92. The number of nitrogens with one attached hydrogen (secondary N) is 2. The summed E-state index contributed by atoms with van der Waals surface area (Å²) in [6, 6.07) is 7.85. The molecule has 24 heavy (non-hydrogen) atoms. The van der Waals surface area contributed by atoms with Crippen molar-refractivity contribution in [3.8, 4) is 6.07 Å². The Bertz CT molecular complexity index is 957. The fourth-order valence-corrected chi connectivity index (χ4v) is 2.89. The normalized spacial score (nSPS) is 13.1. The lowest BCUT2D eigenvalue weighted by Crippen LogP contribution is -2.27. The number of anilines is 1. The highest BCUT2D eigenvalue weighted by Crippen LogP contribution is 2.24. The summed E-state index contributed by atoms with van der Waals surface area (Å²) in [5.74, 6) is -0.793. The van der Waals surface area contributed by atoms with Gasteiger partial charge in [0.25, 0.3) is 11.5 Å². The smallest absolute Gasteiger partial charge is 0.261 e. The predicted molar refractivity (Wildman–Crippen MR) is 88.5 cm³/mol. The van der Waals surface area contributed by atoms with Crippen molar-refractivity contribution in [2.75, 3.05) is 5.32 Å². The van der Waals surface area contributed by atoms with Crippen LogP contribution in [-0.4, -0.2) is 16.7 Å². The van der Waals surface area contributed by atoms with Gasteiger partial charge in [-0.2, -0.15) is 5.26 Å². The van der Waals surface area contributed by atoms with E-state index in [9.17, 15) is 14.4 Å². The molecule has 1 amide bonds. The van der Waals surface area contributed by atoms with Crippen molar-refractivity contribution in [2.24, 2.45) is 0 Å². The largest absolute Gasteiger partial charge is 0.325 e. The zero-order chi connectivity index (χ0) is 17.3. The number of H-pyrrole nitrogens is 1. The number of amides is 1. The molecular weight excluding hydrogens is 330 g/mol. The van der Waals surface area contributed by atoms with Crippen molar-refractivity contribution < 1.29 is 9.59 Å². The highest BCUT2D eigenvalue weighted by atomic mass is 35.5. The van der Waals surface area contributed by atoms with E-state index in [0.717, 1.165) is 0 Å². The van der Waals surface area contributed by atoms with E-state index in [1.807, 2.05) is 6.07 Å². The summed E-state index contributed by atoms with van der Waals surface area (Å²) in [5, 5.41) is 11.8. The molecular formula is C17H12ClN3O3. The number of nitriles is 1. The molecule has 0 aliphatic heterocycles. The van der Waals surface area contributed by atoms with Crippen LogP contribution in [0.15, 0.2) is 29.1 Å². The Hall–Kier alpha value is -2.91. The van der Waals surface area contributed by atoms with E-state index < -0.39 is 11.5 Å². The molecule has 1 aromatic carbocycles. The van der Waals surface area contributed by atoms with Gasteiger partial charge < -0.3 is 10.3 Å². The van der Waals surface area contributed by atoms with Gasteiger partial charge in [-0.05, 0) is 31.0 Å². The van der Waals surface area contributed by atoms with Gasteiger partial charge in [0, 0.05) is 17.7 Å². The number of fused-ring (bicyclic) bond motifs is 1. The minimum absolute atomic E-state index is 0.0954. The van der Waals surface area contributed by atoms with Crippen molar-refractivity contribution in [3.63, 3.8) is 0 Å². The average molecular weight is 342 g/mol. The lowest BCUT2D eigenvalue weighted by molar-refractivity contribution is 0.0971. The Balaban J connectivity index is 1.99. The summed E-state index contributed by atoms with van der Waals surface area (Å²) in [7, 11) is 0. The van der Waals surface area contributed by atoms with Gasteiger partial charge in [0.1, 0.15) is 11.6 Å². The SMILES string of the molecule is N#Cc1c(Cl)cccc1NC(=O)c1cc2c([nH]c1=O)CCCC2=O. The molecule has 7 heteroatoms. The third-order valence-electron chi connectivity index (χ3n) is 3.87. The van der Waals surface area contributed by atoms with E-state index in [1.54, 1.807) is 6.07 Å². The number of benzene rings is 1. The van der Waals surface area contributed by atoms with Crippen LogP contribution in [0.25, 0.3) is 0 Å². The Labute approximate surface area is 142 Å². The van der Waals surface area contributed by atoms with E-state index in [0.29, 0.717) is 30.5 Å². The Morgan fingerprint density at radius 3 is 2.83 bits per heavy atom. The molecule has 0 bridgehead atoms. The number of carbonyl (C=O) groups is 2. The fourth-order valence-electron chi connectivity index (χ4n) is 2.68. The van der Waals surface area contributed by atoms with Crippen molar-refractivity contribution in [3.05, 3.63) is 62.0 Å². The number of hydrogen-bond acceptors (Lipinski definition) is 4. The van der Waals surface area contributed by atoms with Crippen LogP contribution >= 0.6 is 11.6 Å². The van der Waals surface area contributed by atoms with E-state index in [-0.39, 0.29) is 27.6 Å². The van der Waals surface area contributed by atoms with Crippen LogP contribution in [0.4, 0.5) is 5.69 Å². The fraction of sp³-hybridized carbons (Fsp3) is 0.176. The van der Waals surface area contributed by atoms with Crippen LogP contribution < -0.4 is 10.9 Å². The molecule has 0 saturated carbocycles. The molecule has 3 rings (SSSR count). The molecule has 1 aliphatic carbocycles. The van der Waals surface area contributed by atoms with Gasteiger partial charge in [0.05, 0.1) is 16.3 Å². The standard InChI is InChI=1S/C17H12ClN3O3/c18-12-3-1-4-14(11(12)8-19)21-17(24)10-7-9-13(20-16(10)23)5-2-6-15(9)22/h1,3-4,7H,2,5-6H2,(H,20,23)(H,21,24). The van der Waals surface area contributed by atoms with Gasteiger partial charge in [-0.3, -0.25) is 14.4 Å². The van der Waals surface area contributed by atoms with Crippen molar-refractivity contribution >= 4 is 29.0 Å². The molecule has 6 nitrogen and oxygen atoms in total. The molecule has 1 heterocycles. The number of halogens is 1. The number of rotatable bonds is 2. The van der Waals surface area contributed by atoms with Crippen LogP contribution in [0.5, 0.6) is 0 Å². The first-order valence-electron chi connectivity index (χ1n) is 7.30. The molecule has 0 spiro atoms. The molecule has 1 aromatic heterocycles. The van der Waals surface area contributed by atoms with Crippen LogP contribution in [-0.2, 0) is 6.42 Å². The number of aromatic amines is 1. The predicted octanol–water partition coefficient (Wildman–Crippen LogP) is 2.67.